The second kappa shape index (κ2) is 4.73. The number of rotatable bonds is 1. The zero-order valence-electron chi connectivity index (χ0n) is 9.50. The lowest BCUT2D eigenvalue weighted by Gasteiger charge is -2.10. The average Bonchev–Trinajstić information content (AvgIpc) is 2.37. The van der Waals surface area contributed by atoms with Gasteiger partial charge < -0.3 is 0 Å². The third-order valence-corrected chi connectivity index (χ3v) is 2.60. The van der Waals surface area contributed by atoms with Crippen molar-refractivity contribution in [1.82, 2.24) is 0 Å². The molecule has 0 fully saturated rings. The summed E-state index contributed by atoms with van der Waals surface area (Å²) in [5.41, 5.74) is -0.682. The summed E-state index contributed by atoms with van der Waals surface area (Å²) in [4.78, 5) is 0. The Bertz CT molecular complexity index is 653. The van der Waals surface area contributed by atoms with Gasteiger partial charge in [0.05, 0.1) is 17.2 Å². The predicted molar refractivity (Wildman–Crippen MR) is 61.6 cm³/mol. The van der Waals surface area contributed by atoms with Crippen molar-refractivity contribution in [2.75, 3.05) is 0 Å². The highest BCUT2D eigenvalue weighted by Crippen LogP contribution is 2.34. The van der Waals surface area contributed by atoms with Gasteiger partial charge >= 0.3 is 6.18 Å². The molecule has 0 N–H and O–H groups in total. The Balaban J connectivity index is 2.55. The minimum atomic E-state index is -4.58. The Labute approximate surface area is 106 Å². The molecule has 2 rings (SSSR count). The van der Waals surface area contributed by atoms with Crippen molar-refractivity contribution < 1.29 is 17.6 Å². The van der Waals surface area contributed by atoms with Crippen LogP contribution in [0.5, 0.6) is 0 Å². The molecule has 0 heterocycles. The maximum absolute atomic E-state index is 13.1. The Morgan fingerprint density at radius 3 is 2.21 bits per heavy atom. The van der Waals surface area contributed by atoms with E-state index < -0.39 is 23.1 Å². The van der Waals surface area contributed by atoms with Gasteiger partial charge in [0.25, 0.3) is 0 Å². The van der Waals surface area contributed by atoms with Crippen LogP contribution in [0.1, 0.15) is 11.1 Å². The van der Waals surface area contributed by atoms with Gasteiger partial charge in [-0.15, -0.1) is 0 Å². The second-order valence-electron chi connectivity index (χ2n) is 3.88. The lowest BCUT2D eigenvalue weighted by Crippen LogP contribution is -2.07. The Hall–Kier alpha value is -2.35. The fraction of sp³-hybridized carbons (Fsp3) is 0.0714. The number of benzene rings is 2. The maximum atomic E-state index is 13.1. The Kier molecular flexibility index (Phi) is 3.26. The molecule has 1 nitrogen and oxygen atoms in total. The van der Waals surface area contributed by atoms with Crippen LogP contribution in [-0.4, -0.2) is 0 Å². The average molecular weight is 265 g/mol. The molecule has 2 aromatic rings. The number of nitriles is 1. The van der Waals surface area contributed by atoms with Crippen LogP contribution in [0.3, 0.4) is 0 Å². The van der Waals surface area contributed by atoms with E-state index in [0.717, 1.165) is 12.1 Å². The highest BCUT2D eigenvalue weighted by atomic mass is 19.4. The molecule has 0 aliphatic carbocycles. The molecule has 0 saturated heterocycles. The van der Waals surface area contributed by atoms with Gasteiger partial charge in [0, 0.05) is 0 Å². The molecule has 0 aliphatic heterocycles. The normalized spacial score (nSPS) is 11.1. The van der Waals surface area contributed by atoms with E-state index in [1.807, 2.05) is 0 Å². The molecular formula is C14H7F4N. The van der Waals surface area contributed by atoms with Gasteiger partial charge in [0.2, 0.25) is 0 Å². The lowest BCUT2D eigenvalue weighted by molar-refractivity contribution is -0.137. The standard InChI is InChI=1S/C14H7F4N/c15-12-3-1-2-9(7-12)10-4-5-13(14(16,17)18)11(6-10)8-19/h1-7H. The van der Waals surface area contributed by atoms with Crippen LogP contribution >= 0.6 is 0 Å². The van der Waals surface area contributed by atoms with Crippen LogP contribution in [0.2, 0.25) is 0 Å². The van der Waals surface area contributed by atoms with Crippen molar-refractivity contribution in [3.63, 3.8) is 0 Å². The third kappa shape index (κ3) is 2.74. The summed E-state index contributed by atoms with van der Waals surface area (Å²) < 4.78 is 50.9. The Morgan fingerprint density at radius 2 is 1.63 bits per heavy atom. The van der Waals surface area contributed by atoms with Crippen LogP contribution in [0.25, 0.3) is 11.1 Å². The highest BCUT2D eigenvalue weighted by molar-refractivity contribution is 5.66. The molecular weight excluding hydrogens is 258 g/mol. The largest absolute Gasteiger partial charge is 0.417 e. The third-order valence-electron chi connectivity index (χ3n) is 2.60. The first kappa shape index (κ1) is 13.1. The summed E-state index contributed by atoms with van der Waals surface area (Å²) in [6.45, 7) is 0. The van der Waals surface area contributed by atoms with Crippen molar-refractivity contribution in [3.05, 3.63) is 59.4 Å². The molecule has 0 aromatic heterocycles. The van der Waals surface area contributed by atoms with Crippen LogP contribution in [-0.2, 0) is 6.18 Å². The molecule has 0 spiro atoms. The zero-order valence-corrected chi connectivity index (χ0v) is 9.50. The number of hydrogen-bond donors (Lipinski definition) is 0. The molecule has 0 aliphatic rings. The summed E-state index contributed by atoms with van der Waals surface area (Å²) >= 11 is 0. The minimum Gasteiger partial charge on any atom is -0.207 e. The van der Waals surface area contributed by atoms with Gasteiger partial charge in [-0.1, -0.05) is 18.2 Å². The second-order valence-corrected chi connectivity index (χ2v) is 3.88. The fourth-order valence-corrected chi connectivity index (χ4v) is 1.73. The van der Waals surface area contributed by atoms with Gasteiger partial charge in [-0.2, -0.15) is 18.4 Å². The molecule has 0 amide bonds. The number of alkyl halides is 3. The Morgan fingerprint density at radius 1 is 0.947 bits per heavy atom. The van der Waals surface area contributed by atoms with E-state index in [2.05, 4.69) is 0 Å². The molecule has 5 heteroatoms. The van der Waals surface area contributed by atoms with Gasteiger partial charge in [0.15, 0.2) is 0 Å². The van der Waals surface area contributed by atoms with E-state index in [1.165, 1.54) is 30.3 Å². The lowest BCUT2D eigenvalue weighted by atomic mass is 9.99. The summed E-state index contributed by atoms with van der Waals surface area (Å²) in [5, 5.41) is 8.78. The molecule has 2 aromatic carbocycles. The molecule has 19 heavy (non-hydrogen) atoms. The van der Waals surface area contributed by atoms with E-state index in [9.17, 15) is 17.6 Å². The first-order valence-electron chi connectivity index (χ1n) is 5.29. The van der Waals surface area contributed by atoms with E-state index in [-0.39, 0.29) is 0 Å². The summed E-state index contributed by atoms with van der Waals surface area (Å²) in [5.74, 6) is -0.490. The quantitative estimate of drug-likeness (QED) is 0.702. The number of hydrogen-bond acceptors (Lipinski definition) is 1. The molecule has 0 unspecified atom stereocenters. The van der Waals surface area contributed by atoms with E-state index in [4.69, 9.17) is 5.26 Å². The monoisotopic (exact) mass is 265 g/mol. The fourth-order valence-electron chi connectivity index (χ4n) is 1.73. The van der Waals surface area contributed by atoms with Gasteiger partial charge in [0.1, 0.15) is 5.82 Å². The smallest absolute Gasteiger partial charge is 0.207 e. The van der Waals surface area contributed by atoms with Gasteiger partial charge in [-0.25, -0.2) is 4.39 Å². The number of nitrogens with zero attached hydrogens (tertiary/aromatic N) is 1. The van der Waals surface area contributed by atoms with Crippen LogP contribution in [0, 0.1) is 17.1 Å². The topological polar surface area (TPSA) is 23.8 Å². The molecule has 0 atom stereocenters. The number of halogens is 4. The first-order valence-corrected chi connectivity index (χ1v) is 5.29. The molecule has 0 radical (unpaired) electrons. The summed E-state index contributed by atoms with van der Waals surface area (Å²) in [6.07, 6.45) is -4.58. The van der Waals surface area contributed by atoms with Crippen molar-refractivity contribution in [3.8, 4) is 17.2 Å². The van der Waals surface area contributed by atoms with E-state index in [1.54, 1.807) is 6.07 Å². The van der Waals surface area contributed by atoms with Gasteiger partial charge in [-0.05, 0) is 35.4 Å². The van der Waals surface area contributed by atoms with Crippen LogP contribution in [0.4, 0.5) is 17.6 Å². The van der Waals surface area contributed by atoms with Crippen molar-refractivity contribution in [2.45, 2.75) is 6.18 Å². The highest BCUT2D eigenvalue weighted by Gasteiger charge is 2.33. The minimum absolute atomic E-state index is 0.365. The van der Waals surface area contributed by atoms with Crippen molar-refractivity contribution >= 4 is 0 Å². The van der Waals surface area contributed by atoms with Crippen LogP contribution in [0.15, 0.2) is 42.5 Å². The zero-order chi connectivity index (χ0) is 14.0. The molecule has 0 bridgehead atoms. The first-order chi connectivity index (χ1) is 8.91. The maximum Gasteiger partial charge on any atom is 0.417 e. The SMILES string of the molecule is N#Cc1cc(-c2cccc(F)c2)ccc1C(F)(F)F. The van der Waals surface area contributed by atoms with E-state index in [0.29, 0.717) is 11.1 Å². The van der Waals surface area contributed by atoms with Crippen LogP contribution < -0.4 is 0 Å². The predicted octanol–water partition coefficient (Wildman–Crippen LogP) is 4.38. The van der Waals surface area contributed by atoms with Gasteiger partial charge in [-0.3, -0.25) is 0 Å². The summed E-state index contributed by atoms with van der Waals surface area (Å²) in [7, 11) is 0. The van der Waals surface area contributed by atoms with E-state index >= 15 is 0 Å². The van der Waals surface area contributed by atoms with Crippen molar-refractivity contribution in [2.24, 2.45) is 0 Å². The summed E-state index contributed by atoms with van der Waals surface area (Å²) in [6, 6.07) is 10.1. The molecule has 96 valence electrons. The van der Waals surface area contributed by atoms with Crippen molar-refractivity contribution in [1.29, 1.82) is 5.26 Å². The molecule has 0 saturated carbocycles.